The van der Waals surface area contributed by atoms with E-state index in [9.17, 15) is 14.9 Å². The summed E-state index contributed by atoms with van der Waals surface area (Å²) in [7, 11) is 1.27. The second-order valence-corrected chi connectivity index (χ2v) is 7.20. The maximum Gasteiger partial charge on any atom is 0.508 e. The number of hydrogen-bond donors (Lipinski definition) is 0. The van der Waals surface area contributed by atoms with E-state index in [0.29, 0.717) is 29.1 Å². The number of amides is 1. The SMILES string of the molecule is COC(=O)OCc1cccc2c1CCN(C(=O)Cc1c(Cl)cccc1C#N)[C@H]2C. The van der Waals surface area contributed by atoms with Crippen LogP contribution in [0.25, 0.3) is 0 Å². The Kier molecular flexibility index (Phi) is 6.40. The highest BCUT2D eigenvalue weighted by atomic mass is 35.5. The van der Waals surface area contributed by atoms with Crippen molar-refractivity contribution in [2.75, 3.05) is 13.7 Å². The van der Waals surface area contributed by atoms with Crippen molar-refractivity contribution in [3.05, 3.63) is 69.2 Å². The third-order valence-electron chi connectivity index (χ3n) is 5.23. The summed E-state index contributed by atoms with van der Waals surface area (Å²) >= 11 is 6.23. The Hall–Kier alpha value is -3.04. The number of nitrogens with zero attached hydrogens (tertiary/aromatic N) is 2. The zero-order valence-electron chi connectivity index (χ0n) is 16.3. The maximum atomic E-state index is 13.0. The molecule has 0 fully saturated rings. The van der Waals surface area contributed by atoms with Crippen LogP contribution >= 0.6 is 11.6 Å². The molecule has 0 saturated carbocycles. The summed E-state index contributed by atoms with van der Waals surface area (Å²) in [4.78, 5) is 26.1. The van der Waals surface area contributed by atoms with E-state index in [2.05, 4.69) is 10.8 Å². The Morgan fingerprint density at radius 3 is 2.76 bits per heavy atom. The van der Waals surface area contributed by atoms with Crippen molar-refractivity contribution in [1.82, 2.24) is 4.90 Å². The van der Waals surface area contributed by atoms with Gasteiger partial charge in [-0.2, -0.15) is 5.26 Å². The topological polar surface area (TPSA) is 79.6 Å². The van der Waals surface area contributed by atoms with Gasteiger partial charge in [-0.05, 0) is 47.7 Å². The number of carbonyl (C=O) groups excluding carboxylic acids is 2. The van der Waals surface area contributed by atoms with Crippen LogP contribution in [0.4, 0.5) is 4.79 Å². The lowest BCUT2D eigenvalue weighted by Gasteiger charge is -2.36. The average Bonchev–Trinajstić information content (AvgIpc) is 2.73. The first-order valence-corrected chi connectivity index (χ1v) is 9.62. The van der Waals surface area contributed by atoms with Gasteiger partial charge in [-0.15, -0.1) is 0 Å². The highest BCUT2D eigenvalue weighted by molar-refractivity contribution is 6.31. The molecule has 0 spiro atoms. The summed E-state index contributed by atoms with van der Waals surface area (Å²) < 4.78 is 9.61. The van der Waals surface area contributed by atoms with Gasteiger partial charge in [0, 0.05) is 11.6 Å². The van der Waals surface area contributed by atoms with Crippen molar-refractivity contribution in [3.8, 4) is 6.07 Å². The van der Waals surface area contributed by atoms with Crippen LogP contribution in [0.5, 0.6) is 0 Å². The largest absolute Gasteiger partial charge is 0.508 e. The van der Waals surface area contributed by atoms with E-state index in [0.717, 1.165) is 16.7 Å². The molecule has 2 aromatic rings. The Balaban J connectivity index is 1.80. The highest BCUT2D eigenvalue weighted by Crippen LogP contribution is 2.33. The molecule has 0 aliphatic carbocycles. The van der Waals surface area contributed by atoms with Crippen molar-refractivity contribution < 1.29 is 19.1 Å². The summed E-state index contributed by atoms with van der Waals surface area (Å²) in [5, 5.41) is 9.73. The van der Waals surface area contributed by atoms with Crippen molar-refractivity contribution in [2.24, 2.45) is 0 Å². The minimum atomic E-state index is -0.726. The zero-order valence-corrected chi connectivity index (χ0v) is 17.0. The third kappa shape index (κ3) is 4.36. The van der Waals surface area contributed by atoms with E-state index in [4.69, 9.17) is 16.3 Å². The lowest BCUT2D eigenvalue weighted by atomic mass is 9.89. The predicted molar refractivity (Wildman–Crippen MR) is 107 cm³/mol. The number of rotatable bonds is 4. The second-order valence-electron chi connectivity index (χ2n) is 6.80. The maximum absolute atomic E-state index is 13.0. The van der Waals surface area contributed by atoms with Crippen LogP contribution in [0, 0.1) is 11.3 Å². The van der Waals surface area contributed by atoms with Gasteiger partial charge >= 0.3 is 6.16 Å². The number of carbonyl (C=O) groups is 2. The Bertz CT molecular complexity index is 983. The first kappa shape index (κ1) is 20.7. The monoisotopic (exact) mass is 412 g/mol. The lowest BCUT2D eigenvalue weighted by Crippen LogP contribution is -2.40. The van der Waals surface area contributed by atoms with Gasteiger partial charge in [0.2, 0.25) is 5.91 Å². The van der Waals surface area contributed by atoms with Crippen LogP contribution in [0.3, 0.4) is 0 Å². The van der Waals surface area contributed by atoms with Crippen LogP contribution in [0.2, 0.25) is 5.02 Å². The summed E-state index contributed by atoms with van der Waals surface area (Å²) in [6.07, 6.45) is 0.00365. The van der Waals surface area contributed by atoms with Crippen LogP contribution in [0.1, 0.15) is 40.8 Å². The first-order valence-electron chi connectivity index (χ1n) is 9.24. The number of benzene rings is 2. The molecule has 0 aromatic heterocycles. The lowest BCUT2D eigenvalue weighted by molar-refractivity contribution is -0.133. The Morgan fingerprint density at radius 2 is 2.03 bits per heavy atom. The fourth-order valence-electron chi connectivity index (χ4n) is 3.71. The van der Waals surface area contributed by atoms with Gasteiger partial charge in [-0.25, -0.2) is 4.79 Å². The highest BCUT2D eigenvalue weighted by Gasteiger charge is 2.29. The number of fused-ring (bicyclic) bond motifs is 1. The molecule has 1 amide bonds. The number of hydrogen-bond acceptors (Lipinski definition) is 5. The molecule has 0 radical (unpaired) electrons. The van der Waals surface area contributed by atoms with E-state index >= 15 is 0 Å². The third-order valence-corrected chi connectivity index (χ3v) is 5.58. The summed E-state index contributed by atoms with van der Waals surface area (Å²) in [5.74, 6) is -0.0797. The summed E-state index contributed by atoms with van der Waals surface area (Å²) in [6, 6.07) is 12.8. The predicted octanol–water partition coefficient (Wildman–Crippen LogP) is 4.18. The zero-order chi connectivity index (χ0) is 21.0. The van der Waals surface area contributed by atoms with Gasteiger partial charge < -0.3 is 14.4 Å². The van der Waals surface area contributed by atoms with Crippen molar-refractivity contribution in [2.45, 2.75) is 32.4 Å². The van der Waals surface area contributed by atoms with Crippen molar-refractivity contribution >= 4 is 23.7 Å². The van der Waals surface area contributed by atoms with E-state index in [1.54, 1.807) is 23.1 Å². The van der Waals surface area contributed by atoms with Gasteiger partial charge in [0.15, 0.2) is 0 Å². The van der Waals surface area contributed by atoms with Gasteiger partial charge in [0.05, 0.1) is 31.2 Å². The normalized spacial score (nSPS) is 15.2. The molecular weight excluding hydrogens is 392 g/mol. The molecule has 29 heavy (non-hydrogen) atoms. The molecule has 1 heterocycles. The van der Waals surface area contributed by atoms with E-state index in [1.807, 2.05) is 25.1 Å². The molecule has 3 rings (SSSR count). The second kappa shape index (κ2) is 8.97. The van der Waals surface area contributed by atoms with Gasteiger partial charge in [-0.3, -0.25) is 4.79 Å². The van der Waals surface area contributed by atoms with E-state index in [1.165, 1.54) is 7.11 Å². The average molecular weight is 413 g/mol. The fraction of sp³-hybridized carbons (Fsp3) is 0.318. The minimum absolute atomic E-state index is 0.0768. The molecular formula is C22H21ClN2O4. The Morgan fingerprint density at radius 1 is 1.28 bits per heavy atom. The molecule has 1 atom stereocenters. The minimum Gasteiger partial charge on any atom is -0.438 e. The van der Waals surface area contributed by atoms with Crippen LogP contribution in [0.15, 0.2) is 36.4 Å². The molecule has 1 aliphatic rings. The van der Waals surface area contributed by atoms with Crippen LogP contribution in [-0.2, 0) is 33.7 Å². The van der Waals surface area contributed by atoms with Crippen LogP contribution < -0.4 is 0 Å². The van der Waals surface area contributed by atoms with Crippen molar-refractivity contribution in [1.29, 1.82) is 5.26 Å². The number of halogens is 1. The van der Waals surface area contributed by atoms with Crippen molar-refractivity contribution in [3.63, 3.8) is 0 Å². The standard InChI is InChI=1S/C22H21ClN2O4/c1-14-17-7-3-6-16(13-29-22(27)28-2)18(17)9-10-25(14)21(26)11-19-15(12-24)5-4-8-20(19)23/h3-8,14H,9-11,13H2,1-2H3/t14-/m0/s1. The number of methoxy groups -OCH3 is 1. The fourth-order valence-corrected chi connectivity index (χ4v) is 3.95. The first-order chi connectivity index (χ1) is 14.0. The molecule has 6 nitrogen and oxygen atoms in total. The quantitative estimate of drug-likeness (QED) is 0.703. The van der Waals surface area contributed by atoms with Gasteiger partial charge in [0.25, 0.3) is 0 Å². The molecule has 0 bridgehead atoms. The molecule has 2 aromatic carbocycles. The molecule has 0 N–H and O–H groups in total. The number of nitriles is 1. The van der Waals surface area contributed by atoms with Gasteiger partial charge in [-0.1, -0.05) is 35.9 Å². The molecule has 150 valence electrons. The van der Waals surface area contributed by atoms with E-state index in [-0.39, 0.29) is 25.0 Å². The molecule has 7 heteroatoms. The van der Waals surface area contributed by atoms with Gasteiger partial charge in [0.1, 0.15) is 6.61 Å². The van der Waals surface area contributed by atoms with Crippen LogP contribution in [-0.4, -0.2) is 30.6 Å². The summed E-state index contributed by atoms with van der Waals surface area (Å²) in [5.41, 5.74) is 3.99. The molecule has 0 unspecified atom stereocenters. The molecule has 0 saturated heterocycles. The molecule has 1 aliphatic heterocycles. The summed E-state index contributed by atoms with van der Waals surface area (Å²) in [6.45, 7) is 2.63. The van der Waals surface area contributed by atoms with E-state index < -0.39 is 6.16 Å². The smallest absolute Gasteiger partial charge is 0.438 e. The Labute approximate surface area is 174 Å². The number of ether oxygens (including phenoxy) is 2.